The van der Waals surface area contributed by atoms with Crippen molar-refractivity contribution < 1.29 is 9.53 Å². The quantitative estimate of drug-likeness (QED) is 0.788. The van der Waals surface area contributed by atoms with Crippen LogP contribution in [0.15, 0.2) is 59.8 Å². The fraction of sp³-hybridized carbons (Fsp3) is 0.348. The summed E-state index contributed by atoms with van der Waals surface area (Å²) in [7, 11) is 2.23. The molecule has 0 radical (unpaired) electrons. The smallest absolute Gasteiger partial charge is 0.252 e. The van der Waals surface area contributed by atoms with Crippen molar-refractivity contribution in [2.45, 2.75) is 44.1 Å². The Balaban J connectivity index is 1.40. The molecule has 1 saturated heterocycles. The lowest BCUT2D eigenvalue weighted by Gasteiger charge is -2.35. The number of benzene rings is 1. The molecule has 0 saturated carbocycles. The van der Waals surface area contributed by atoms with E-state index >= 15 is 0 Å². The Morgan fingerprint density at radius 1 is 1.29 bits per heavy atom. The van der Waals surface area contributed by atoms with Crippen LogP contribution < -0.4 is 10.1 Å². The van der Waals surface area contributed by atoms with Crippen LogP contribution in [0, 0.1) is 6.92 Å². The predicted octanol–water partition coefficient (Wildman–Crippen LogP) is 4.10. The molecule has 5 heteroatoms. The molecule has 28 heavy (non-hydrogen) atoms. The zero-order chi connectivity index (χ0) is 19.3. The van der Waals surface area contributed by atoms with E-state index in [1.807, 2.05) is 24.0 Å². The number of rotatable bonds is 3. The number of aryl methyl sites for hydroxylation is 1. The molecule has 0 aromatic heterocycles. The minimum atomic E-state index is 0.0755. The number of ether oxygens (including phenoxy) is 1. The Bertz CT molecular complexity index is 959. The SMILES string of the molecule is COc1ccc(C2=CC(=O)N3C=C(C4=C[C@H]5CC[C@@H](C4)N5)C=CC3P2)cc1C. The van der Waals surface area contributed by atoms with Gasteiger partial charge in [-0.3, -0.25) is 4.79 Å². The van der Waals surface area contributed by atoms with E-state index in [1.54, 1.807) is 7.11 Å². The van der Waals surface area contributed by atoms with Gasteiger partial charge in [-0.2, -0.15) is 0 Å². The van der Waals surface area contributed by atoms with Crippen LogP contribution in [0.2, 0.25) is 0 Å². The number of hydrogen-bond acceptors (Lipinski definition) is 3. The highest BCUT2D eigenvalue weighted by molar-refractivity contribution is 7.51. The number of amides is 1. The Morgan fingerprint density at radius 2 is 2.18 bits per heavy atom. The summed E-state index contributed by atoms with van der Waals surface area (Å²) < 4.78 is 5.36. The minimum absolute atomic E-state index is 0.0755. The summed E-state index contributed by atoms with van der Waals surface area (Å²) in [6, 6.07) is 7.26. The third-order valence-electron chi connectivity index (χ3n) is 6.08. The molecule has 2 unspecified atom stereocenters. The average Bonchev–Trinajstić information content (AvgIpc) is 3.05. The molecule has 1 N–H and O–H groups in total. The van der Waals surface area contributed by atoms with Crippen molar-refractivity contribution in [3.8, 4) is 5.75 Å². The lowest BCUT2D eigenvalue weighted by Crippen LogP contribution is -2.36. The molecule has 1 amide bonds. The maximum atomic E-state index is 12.9. The van der Waals surface area contributed by atoms with Crippen molar-refractivity contribution >= 4 is 19.8 Å². The second kappa shape index (κ2) is 7.02. The van der Waals surface area contributed by atoms with Gasteiger partial charge in [-0.05, 0) is 65.9 Å². The molecule has 4 aliphatic rings. The number of carbonyl (C=O) groups is 1. The molecule has 1 fully saturated rings. The number of nitrogens with one attached hydrogen (secondary N) is 1. The van der Waals surface area contributed by atoms with E-state index in [9.17, 15) is 4.79 Å². The molecule has 4 nitrogen and oxygen atoms in total. The second-order valence-corrected chi connectivity index (χ2v) is 9.38. The normalized spacial score (nSPS) is 29.4. The molecule has 0 aliphatic carbocycles. The first-order chi connectivity index (χ1) is 13.6. The van der Waals surface area contributed by atoms with Gasteiger partial charge in [0.2, 0.25) is 0 Å². The summed E-state index contributed by atoms with van der Waals surface area (Å²) in [5, 5.41) is 4.76. The van der Waals surface area contributed by atoms with Gasteiger partial charge in [-0.25, -0.2) is 0 Å². The highest BCUT2D eigenvalue weighted by Gasteiger charge is 2.32. The fourth-order valence-corrected chi connectivity index (χ4v) is 5.99. The Hall–Kier alpha value is -2.16. The van der Waals surface area contributed by atoms with Gasteiger partial charge in [0.1, 0.15) is 5.75 Å². The van der Waals surface area contributed by atoms with E-state index in [4.69, 9.17) is 4.74 Å². The summed E-state index contributed by atoms with van der Waals surface area (Å²) in [5.74, 6) is 1.08. The molecule has 2 bridgehead atoms. The van der Waals surface area contributed by atoms with Crippen LogP contribution >= 0.6 is 8.58 Å². The van der Waals surface area contributed by atoms with E-state index in [-0.39, 0.29) is 11.7 Å². The molecule has 4 atom stereocenters. The highest BCUT2D eigenvalue weighted by Crippen LogP contribution is 2.46. The van der Waals surface area contributed by atoms with Gasteiger partial charge in [0.15, 0.2) is 0 Å². The molecule has 1 aromatic rings. The van der Waals surface area contributed by atoms with Gasteiger partial charge >= 0.3 is 0 Å². The maximum absolute atomic E-state index is 12.9. The lowest BCUT2D eigenvalue weighted by molar-refractivity contribution is -0.123. The number of allylic oxidation sites excluding steroid dienone is 2. The molecular formula is C23H25N2O2P. The molecule has 1 aromatic carbocycles. The van der Waals surface area contributed by atoms with Gasteiger partial charge in [0.05, 0.1) is 12.9 Å². The van der Waals surface area contributed by atoms with Crippen LogP contribution in [0.4, 0.5) is 0 Å². The zero-order valence-electron chi connectivity index (χ0n) is 16.2. The topological polar surface area (TPSA) is 41.6 Å². The second-order valence-electron chi connectivity index (χ2n) is 7.96. The summed E-state index contributed by atoms with van der Waals surface area (Å²) in [6.07, 6.45) is 14.2. The number of methoxy groups -OCH3 is 1. The zero-order valence-corrected chi connectivity index (χ0v) is 17.2. The van der Waals surface area contributed by atoms with E-state index in [2.05, 4.69) is 41.9 Å². The number of nitrogens with zero attached hydrogens (tertiary/aromatic N) is 1. The first-order valence-corrected chi connectivity index (χ1v) is 11.0. The summed E-state index contributed by atoms with van der Waals surface area (Å²) in [4.78, 5) is 14.8. The Kier molecular flexibility index (Phi) is 4.49. The fourth-order valence-electron chi connectivity index (χ4n) is 4.61. The summed E-state index contributed by atoms with van der Waals surface area (Å²) in [5.41, 5.74) is 4.79. The molecule has 4 aliphatic heterocycles. The van der Waals surface area contributed by atoms with Crippen LogP contribution in [0.5, 0.6) is 5.75 Å². The maximum Gasteiger partial charge on any atom is 0.252 e. The number of fused-ring (bicyclic) bond motifs is 3. The van der Waals surface area contributed by atoms with Crippen LogP contribution in [0.25, 0.3) is 5.31 Å². The largest absolute Gasteiger partial charge is 0.496 e. The monoisotopic (exact) mass is 392 g/mol. The Labute approximate surface area is 167 Å². The van der Waals surface area contributed by atoms with E-state index < -0.39 is 0 Å². The van der Waals surface area contributed by atoms with Crippen LogP contribution in [0.3, 0.4) is 0 Å². The van der Waals surface area contributed by atoms with Crippen molar-refractivity contribution in [3.63, 3.8) is 0 Å². The van der Waals surface area contributed by atoms with Crippen molar-refractivity contribution in [1.82, 2.24) is 10.2 Å². The predicted molar refractivity (Wildman–Crippen MR) is 115 cm³/mol. The standard InChI is InChI=1S/C23H25N2O2P/c1-14-9-15(3-7-20(14)27-2)21-12-22(26)25-13-16(4-8-23(25)28-21)17-10-18-5-6-19(11-17)24-18/h3-4,7-10,12-13,18-19,23-24,28H,5-6,11H2,1-2H3/t18-,19+,23?/m1/s1. The van der Waals surface area contributed by atoms with Crippen LogP contribution in [-0.4, -0.2) is 35.8 Å². The number of carbonyl (C=O) groups excluding carboxylic acids is 1. The third-order valence-corrected chi connectivity index (χ3v) is 7.59. The van der Waals surface area contributed by atoms with Gasteiger partial charge in [-0.15, -0.1) is 0 Å². The molecule has 4 heterocycles. The van der Waals surface area contributed by atoms with Crippen molar-refractivity contribution in [1.29, 1.82) is 0 Å². The van der Waals surface area contributed by atoms with Gasteiger partial charge in [-0.1, -0.05) is 32.9 Å². The van der Waals surface area contributed by atoms with E-state index in [0.717, 1.165) is 28.6 Å². The first-order valence-electron chi connectivity index (χ1n) is 9.93. The van der Waals surface area contributed by atoms with Gasteiger partial charge in [0.25, 0.3) is 5.91 Å². The highest BCUT2D eigenvalue weighted by atomic mass is 31.1. The average molecular weight is 392 g/mol. The van der Waals surface area contributed by atoms with Crippen molar-refractivity contribution in [3.05, 3.63) is 71.0 Å². The van der Waals surface area contributed by atoms with Crippen LogP contribution in [0.1, 0.15) is 30.4 Å². The third kappa shape index (κ3) is 3.15. The molecule has 5 rings (SSSR count). The first kappa shape index (κ1) is 17.9. The van der Waals surface area contributed by atoms with E-state index in [1.165, 1.54) is 24.0 Å². The molecule has 144 valence electrons. The lowest BCUT2D eigenvalue weighted by atomic mass is 9.95. The van der Waals surface area contributed by atoms with E-state index in [0.29, 0.717) is 20.7 Å². The number of hydrogen-bond donors (Lipinski definition) is 1. The van der Waals surface area contributed by atoms with Crippen molar-refractivity contribution in [2.24, 2.45) is 0 Å². The van der Waals surface area contributed by atoms with Crippen LogP contribution in [-0.2, 0) is 4.79 Å². The van der Waals surface area contributed by atoms with Gasteiger partial charge < -0.3 is 15.0 Å². The van der Waals surface area contributed by atoms with Gasteiger partial charge in [0, 0.05) is 24.4 Å². The summed E-state index contributed by atoms with van der Waals surface area (Å²) >= 11 is 0. The minimum Gasteiger partial charge on any atom is -0.496 e. The summed E-state index contributed by atoms with van der Waals surface area (Å²) in [6.45, 7) is 2.04. The Morgan fingerprint density at radius 3 is 2.96 bits per heavy atom. The van der Waals surface area contributed by atoms with Crippen molar-refractivity contribution in [2.75, 3.05) is 7.11 Å². The molecule has 0 spiro atoms. The molecular weight excluding hydrogens is 367 g/mol.